The fraction of sp³-hybridized carbons (Fsp3) is 0.750. The first kappa shape index (κ1) is 15.8. The molecule has 1 rings (SSSR count). The number of hydrogen-bond acceptors (Lipinski definition) is 4. The van der Waals surface area contributed by atoms with Gasteiger partial charge in [0.05, 0.1) is 0 Å². The molecule has 4 amide bonds. The molecule has 0 aromatic rings. The largest absolute Gasteiger partial charge is 0.352 e. The molecule has 108 valence electrons. The molecular weight excluding hydrogens is 266 g/mol. The maximum Gasteiger partial charge on any atom is 0.325 e. The third-order valence-corrected chi connectivity index (χ3v) is 3.68. The van der Waals surface area contributed by atoms with E-state index in [1.807, 2.05) is 20.1 Å². The summed E-state index contributed by atoms with van der Waals surface area (Å²) in [6.45, 7) is 3.63. The summed E-state index contributed by atoms with van der Waals surface area (Å²) in [5.41, 5.74) is 0. The molecule has 1 saturated heterocycles. The van der Waals surface area contributed by atoms with Gasteiger partial charge >= 0.3 is 6.03 Å². The fourth-order valence-corrected chi connectivity index (χ4v) is 2.20. The Morgan fingerprint density at radius 3 is 2.79 bits per heavy atom. The van der Waals surface area contributed by atoms with E-state index in [4.69, 9.17) is 0 Å². The van der Waals surface area contributed by atoms with Gasteiger partial charge in [0.25, 0.3) is 5.91 Å². The Morgan fingerprint density at radius 1 is 1.53 bits per heavy atom. The van der Waals surface area contributed by atoms with Gasteiger partial charge in [-0.3, -0.25) is 14.5 Å². The van der Waals surface area contributed by atoms with Crippen LogP contribution in [0.4, 0.5) is 4.79 Å². The Hall–Kier alpha value is -1.24. The average molecular weight is 287 g/mol. The van der Waals surface area contributed by atoms with Crippen LogP contribution in [0.25, 0.3) is 0 Å². The van der Waals surface area contributed by atoms with Gasteiger partial charge < -0.3 is 10.6 Å². The molecule has 0 unspecified atom stereocenters. The lowest BCUT2D eigenvalue weighted by Gasteiger charge is -2.15. The normalized spacial score (nSPS) is 20.4. The molecule has 0 spiro atoms. The van der Waals surface area contributed by atoms with Crippen molar-refractivity contribution in [2.75, 3.05) is 18.6 Å². The molecule has 0 bridgehead atoms. The first-order valence-electron chi connectivity index (χ1n) is 6.39. The average Bonchev–Trinajstić information content (AvgIpc) is 2.63. The summed E-state index contributed by atoms with van der Waals surface area (Å²) in [4.78, 5) is 36.3. The highest BCUT2D eigenvalue weighted by Gasteiger charge is 2.38. The maximum atomic E-state index is 12.0. The second kappa shape index (κ2) is 7.37. The Morgan fingerprint density at radius 2 is 2.21 bits per heavy atom. The summed E-state index contributed by atoms with van der Waals surface area (Å²) >= 11 is 1.62. The van der Waals surface area contributed by atoms with Crippen molar-refractivity contribution in [2.45, 2.75) is 38.8 Å². The van der Waals surface area contributed by atoms with Gasteiger partial charge in [0.1, 0.15) is 12.6 Å². The lowest BCUT2D eigenvalue weighted by molar-refractivity contribution is -0.132. The van der Waals surface area contributed by atoms with Gasteiger partial charge in [0, 0.05) is 6.04 Å². The Kier molecular flexibility index (Phi) is 6.14. The zero-order chi connectivity index (χ0) is 14.4. The second-order valence-electron chi connectivity index (χ2n) is 4.58. The SMILES string of the molecule is CC[C@@H](C)NC(=O)CN1C(=O)N[C@@H](CCSC)C1=O. The van der Waals surface area contributed by atoms with Gasteiger partial charge in [0.15, 0.2) is 0 Å². The summed E-state index contributed by atoms with van der Waals surface area (Å²) in [6, 6.07) is -0.924. The molecule has 1 aliphatic heterocycles. The predicted molar refractivity (Wildman–Crippen MR) is 74.9 cm³/mol. The van der Waals surface area contributed by atoms with Crippen LogP contribution in [0.15, 0.2) is 0 Å². The number of rotatable bonds is 7. The molecule has 0 aromatic carbocycles. The molecule has 19 heavy (non-hydrogen) atoms. The summed E-state index contributed by atoms with van der Waals surface area (Å²) in [5, 5.41) is 5.34. The number of imide groups is 1. The number of nitrogens with zero attached hydrogens (tertiary/aromatic N) is 1. The number of amides is 4. The highest BCUT2D eigenvalue weighted by atomic mass is 32.2. The minimum atomic E-state index is -0.489. The summed E-state index contributed by atoms with van der Waals surface area (Å²) in [7, 11) is 0. The molecule has 0 radical (unpaired) electrons. The fourth-order valence-electron chi connectivity index (χ4n) is 1.72. The van der Waals surface area contributed by atoms with Crippen LogP contribution in [-0.4, -0.2) is 53.4 Å². The van der Waals surface area contributed by atoms with Crippen LogP contribution in [0.5, 0.6) is 0 Å². The van der Waals surface area contributed by atoms with Crippen molar-refractivity contribution in [1.29, 1.82) is 0 Å². The Labute approximate surface area is 117 Å². The number of urea groups is 1. The summed E-state index contributed by atoms with van der Waals surface area (Å²) in [6.07, 6.45) is 3.34. The van der Waals surface area contributed by atoms with Crippen LogP contribution in [0, 0.1) is 0 Å². The van der Waals surface area contributed by atoms with Gasteiger partial charge in [0.2, 0.25) is 5.91 Å². The van der Waals surface area contributed by atoms with E-state index < -0.39 is 12.1 Å². The lowest BCUT2D eigenvalue weighted by Crippen LogP contribution is -2.43. The first-order valence-corrected chi connectivity index (χ1v) is 7.79. The Bertz CT molecular complexity index is 362. The highest BCUT2D eigenvalue weighted by molar-refractivity contribution is 7.98. The summed E-state index contributed by atoms with van der Waals surface area (Å²) < 4.78 is 0. The zero-order valence-electron chi connectivity index (χ0n) is 11.6. The van der Waals surface area contributed by atoms with Gasteiger partial charge in [-0.2, -0.15) is 11.8 Å². The van der Waals surface area contributed by atoms with Crippen molar-refractivity contribution in [1.82, 2.24) is 15.5 Å². The molecule has 0 aliphatic carbocycles. The van der Waals surface area contributed by atoms with E-state index in [9.17, 15) is 14.4 Å². The van der Waals surface area contributed by atoms with Crippen molar-refractivity contribution in [3.8, 4) is 0 Å². The maximum absolute atomic E-state index is 12.0. The standard InChI is InChI=1S/C12H21N3O3S/c1-4-8(2)13-10(16)7-15-11(17)9(5-6-19-3)14-12(15)18/h8-9H,4-7H2,1-3H3,(H,13,16)(H,14,18)/t8-,9+/m1/s1. The lowest BCUT2D eigenvalue weighted by atomic mass is 10.2. The van der Waals surface area contributed by atoms with E-state index in [1.165, 1.54) is 0 Å². The van der Waals surface area contributed by atoms with Crippen molar-refractivity contribution in [3.63, 3.8) is 0 Å². The summed E-state index contributed by atoms with van der Waals surface area (Å²) in [5.74, 6) is 0.186. The molecule has 0 aromatic heterocycles. The van der Waals surface area contributed by atoms with Crippen LogP contribution in [-0.2, 0) is 9.59 Å². The molecule has 1 aliphatic rings. The smallest absolute Gasteiger partial charge is 0.325 e. The van der Waals surface area contributed by atoms with E-state index in [0.717, 1.165) is 17.1 Å². The van der Waals surface area contributed by atoms with Crippen LogP contribution in [0.1, 0.15) is 26.7 Å². The van der Waals surface area contributed by atoms with Crippen LogP contribution in [0.3, 0.4) is 0 Å². The molecule has 1 heterocycles. The van der Waals surface area contributed by atoms with Crippen LogP contribution in [0.2, 0.25) is 0 Å². The van der Waals surface area contributed by atoms with E-state index in [2.05, 4.69) is 10.6 Å². The first-order chi connectivity index (χ1) is 8.99. The minimum Gasteiger partial charge on any atom is -0.352 e. The number of thioether (sulfide) groups is 1. The van der Waals surface area contributed by atoms with Crippen LogP contribution >= 0.6 is 11.8 Å². The van der Waals surface area contributed by atoms with Crippen molar-refractivity contribution in [3.05, 3.63) is 0 Å². The van der Waals surface area contributed by atoms with Crippen molar-refractivity contribution >= 4 is 29.6 Å². The van der Waals surface area contributed by atoms with E-state index >= 15 is 0 Å². The number of nitrogens with one attached hydrogen (secondary N) is 2. The zero-order valence-corrected chi connectivity index (χ0v) is 12.4. The van der Waals surface area contributed by atoms with E-state index in [1.54, 1.807) is 11.8 Å². The molecule has 1 fully saturated rings. The van der Waals surface area contributed by atoms with Gasteiger partial charge in [-0.25, -0.2) is 4.79 Å². The third kappa shape index (κ3) is 4.41. The number of hydrogen-bond donors (Lipinski definition) is 2. The molecule has 2 atom stereocenters. The topological polar surface area (TPSA) is 78.5 Å². The van der Waals surface area contributed by atoms with Crippen molar-refractivity contribution < 1.29 is 14.4 Å². The number of carbonyl (C=O) groups is 3. The second-order valence-corrected chi connectivity index (χ2v) is 5.57. The molecule has 0 saturated carbocycles. The van der Waals surface area contributed by atoms with Gasteiger partial charge in [-0.05, 0) is 31.8 Å². The molecule has 2 N–H and O–H groups in total. The van der Waals surface area contributed by atoms with Gasteiger partial charge in [-0.15, -0.1) is 0 Å². The molecule has 6 nitrogen and oxygen atoms in total. The van der Waals surface area contributed by atoms with Gasteiger partial charge in [-0.1, -0.05) is 6.92 Å². The number of carbonyl (C=O) groups excluding carboxylic acids is 3. The van der Waals surface area contributed by atoms with Crippen LogP contribution < -0.4 is 10.6 Å². The molecular formula is C12H21N3O3S. The van der Waals surface area contributed by atoms with E-state index in [0.29, 0.717) is 6.42 Å². The minimum absolute atomic E-state index is 0.0422. The third-order valence-electron chi connectivity index (χ3n) is 3.04. The van der Waals surface area contributed by atoms with E-state index in [-0.39, 0.29) is 24.4 Å². The molecule has 7 heteroatoms. The van der Waals surface area contributed by atoms with Crippen molar-refractivity contribution in [2.24, 2.45) is 0 Å². The monoisotopic (exact) mass is 287 g/mol. The quantitative estimate of drug-likeness (QED) is 0.671. The highest BCUT2D eigenvalue weighted by Crippen LogP contribution is 2.11. The predicted octanol–water partition coefficient (Wildman–Crippen LogP) is 0.575. The Balaban J connectivity index is 2.51.